The second kappa shape index (κ2) is 10.6. The van der Waals surface area contributed by atoms with Crippen LogP contribution in [-0.4, -0.2) is 76.4 Å². The van der Waals surface area contributed by atoms with Gasteiger partial charge in [0.25, 0.3) is 5.56 Å². The minimum atomic E-state index is -0.0633. The smallest absolute Gasteiger partial charge is 0.260 e. The van der Waals surface area contributed by atoms with Crippen LogP contribution in [0.5, 0.6) is 0 Å². The van der Waals surface area contributed by atoms with Crippen molar-refractivity contribution >= 4 is 27.5 Å². The predicted octanol–water partition coefficient (Wildman–Crippen LogP) is 3.79. The number of nitrogens with zero attached hydrogens (tertiary/aromatic N) is 4. The van der Waals surface area contributed by atoms with Gasteiger partial charge < -0.3 is 9.88 Å². The summed E-state index contributed by atoms with van der Waals surface area (Å²) in [5.74, 6) is 0.988. The van der Waals surface area contributed by atoms with Crippen LogP contribution in [0.15, 0.2) is 29.1 Å². The van der Waals surface area contributed by atoms with Crippen LogP contribution in [0.25, 0.3) is 21.3 Å². The summed E-state index contributed by atoms with van der Waals surface area (Å²) in [5, 5.41) is 0.692. The Bertz CT molecular complexity index is 1230. The van der Waals surface area contributed by atoms with E-state index < -0.39 is 0 Å². The molecule has 0 saturated carbocycles. The SMILES string of the molecule is Cc1ccc(-c2c(C)sc3nc(CN4CCN(CC(=O)N5CCCCCC5)CC4)[nH]c(=O)c23)cc1. The van der Waals surface area contributed by atoms with E-state index in [0.29, 0.717) is 24.3 Å². The van der Waals surface area contributed by atoms with Crippen LogP contribution in [0.4, 0.5) is 0 Å². The van der Waals surface area contributed by atoms with Gasteiger partial charge in [-0.15, -0.1) is 11.3 Å². The van der Waals surface area contributed by atoms with Crippen LogP contribution in [0, 0.1) is 13.8 Å². The predicted molar refractivity (Wildman–Crippen MR) is 142 cm³/mol. The van der Waals surface area contributed by atoms with E-state index in [9.17, 15) is 9.59 Å². The molecule has 1 aromatic carbocycles. The summed E-state index contributed by atoms with van der Waals surface area (Å²) in [4.78, 5) is 42.3. The summed E-state index contributed by atoms with van der Waals surface area (Å²) in [6, 6.07) is 8.31. The number of nitrogens with one attached hydrogen (secondary N) is 1. The van der Waals surface area contributed by atoms with Crippen LogP contribution in [-0.2, 0) is 11.3 Å². The lowest BCUT2D eigenvalue weighted by molar-refractivity contribution is -0.132. The van der Waals surface area contributed by atoms with Gasteiger partial charge in [0.2, 0.25) is 5.91 Å². The number of aromatic amines is 1. The molecule has 2 aliphatic heterocycles. The first-order valence-corrected chi connectivity index (χ1v) is 13.6. The van der Waals surface area contributed by atoms with E-state index in [1.54, 1.807) is 11.3 Å². The molecule has 8 heteroatoms. The Balaban J connectivity index is 1.22. The van der Waals surface area contributed by atoms with Crippen molar-refractivity contribution in [2.75, 3.05) is 45.8 Å². The Kier molecular flexibility index (Phi) is 7.32. The van der Waals surface area contributed by atoms with Gasteiger partial charge in [0.05, 0.1) is 18.5 Å². The number of thiophene rings is 1. The van der Waals surface area contributed by atoms with Crippen molar-refractivity contribution in [3.63, 3.8) is 0 Å². The second-order valence-corrected chi connectivity index (χ2v) is 11.1. The Labute approximate surface area is 210 Å². The zero-order chi connectivity index (χ0) is 24.4. The summed E-state index contributed by atoms with van der Waals surface area (Å²) < 4.78 is 0. The molecule has 0 atom stereocenters. The van der Waals surface area contributed by atoms with Crippen LogP contribution >= 0.6 is 11.3 Å². The third-order valence-electron chi connectivity index (χ3n) is 7.28. The number of aryl methyl sites for hydroxylation is 2. The average Bonchev–Trinajstić information content (AvgIpc) is 3.00. The second-order valence-electron chi connectivity index (χ2n) is 9.94. The minimum absolute atomic E-state index is 0.0633. The largest absolute Gasteiger partial charge is 0.342 e. The summed E-state index contributed by atoms with van der Waals surface area (Å²) in [6.07, 6.45) is 4.74. The maximum absolute atomic E-state index is 13.1. The lowest BCUT2D eigenvalue weighted by Crippen LogP contribution is -2.50. The summed E-state index contributed by atoms with van der Waals surface area (Å²) >= 11 is 1.59. The monoisotopic (exact) mass is 493 g/mol. The van der Waals surface area contributed by atoms with Gasteiger partial charge in [-0.3, -0.25) is 19.4 Å². The first-order chi connectivity index (χ1) is 17.0. The standard InChI is InChI=1S/C27H35N5O2S/c1-19-7-9-21(10-8-19)24-20(2)35-27-25(24)26(34)28-22(29-27)17-30-13-15-31(16-14-30)18-23(33)32-11-5-3-4-6-12-32/h7-10H,3-6,11-18H2,1-2H3,(H,28,29,34). The van der Waals surface area contributed by atoms with E-state index in [-0.39, 0.29) is 11.5 Å². The van der Waals surface area contributed by atoms with E-state index in [4.69, 9.17) is 4.98 Å². The molecular formula is C27H35N5O2S. The maximum Gasteiger partial charge on any atom is 0.260 e. The van der Waals surface area contributed by atoms with Gasteiger partial charge in [-0.1, -0.05) is 42.7 Å². The van der Waals surface area contributed by atoms with Crippen molar-refractivity contribution in [1.29, 1.82) is 0 Å². The quantitative estimate of drug-likeness (QED) is 0.586. The van der Waals surface area contributed by atoms with Crippen molar-refractivity contribution in [3.8, 4) is 11.1 Å². The highest BCUT2D eigenvalue weighted by atomic mass is 32.1. The molecule has 0 unspecified atom stereocenters. The molecule has 0 spiro atoms. The zero-order valence-electron chi connectivity index (χ0n) is 20.8. The van der Waals surface area contributed by atoms with Crippen LogP contribution in [0.2, 0.25) is 0 Å². The van der Waals surface area contributed by atoms with Gasteiger partial charge in [0.1, 0.15) is 10.7 Å². The number of hydrogen-bond acceptors (Lipinski definition) is 6. The van der Waals surface area contributed by atoms with E-state index in [1.165, 1.54) is 18.4 Å². The number of piperazine rings is 1. The molecule has 0 aliphatic carbocycles. The molecular weight excluding hydrogens is 458 g/mol. The molecule has 1 amide bonds. The molecule has 2 aromatic heterocycles. The van der Waals surface area contributed by atoms with Gasteiger partial charge in [-0.25, -0.2) is 4.98 Å². The lowest BCUT2D eigenvalue weighted by Gasteiger charge is -2.35. The Morgan fingerprint density at radius 1 is 0.943 bits per heavy atom. The van der Waals surface area contributed by atoms with Crippen molar-refractivity contribution in [1.82, 2.24) is 24.7 Å². The van der Waals surface area contributed by atoms with Crippen LogP contribution < -0.4 is 5.56 Å². The lowest BCUT2D eigenvalue weighted by atomic mass is 10.0. The number of rotatable bonds is 5. The fraction of sp³-hybridized carbons (Fsp3) is 0.519. The highest BCUT2D eigenvalue weighted by Gasteiger charge is 2.23. The molecule has 2 saturated heterocycles. The van der Waals surface area contributed by atoms with E-state index in [2.05, 4.69) is 57.8 Å². The number of aromatic nitrogens is 2. The molecule has 7 nitrogen and oxygen atoms in total. The molecule has 0 bridgehead atoms. The number of carbonyl (C=O) groups excluding carboxylic acids is 1. The zero-order valence-corrected chi connectivity index (χ0v) is 21.6. The molecule has 0 radical (unpaired) electrons. The normalized spacial score (nSPS) is 18.2. The molecule has 4 heterocycles. The highest BCUT2D eigenvalue weighted by molar-refractivity contribution is 7.19. The number of benzene rings is 1. The maximum atomic E-state index is 13.1. The molecule has 35 heavy (non-hydrogen) atoms. The van der Waals surface area contributed by atoms with Gasteiger partial charge in [-0.05, 0) is 32.3 Å². The third-order valence-corrected chi connectivity index (χ3v) is 8.28. The van der Waals surface area contributed by atoms with Crippen molar-refractivity contribution in [3.05, 3.63) is 50.9 Å². The number of carbonyl (C=O) groups is 1. The fourth-order valence-corrected chi connectivity index (χ4v) is 6.30. The Morgan fingerprint density at radius 3 is 2.29 bits per heavy atom. The molecule has 1 N–H and O–H groups in total. The number of hydrogen-bond donors (Lipinski definition) is 1. The summed E-state index contributed by atoms with van der Waals surface area (Å²) in [7, 11) is 0. The summed E-state index contributed by atoms with van der Waals surface area (Å²) in [6.45, 7) is 10.6. The molecule has 186 valence electrons. The van der Waals surface area contributed by atoms with Gasteiger partial charge in [-0.2, -0.15) is 0 Å². The van der Waals surface area contributed by atoms with Crippen molar-refractivity contribution < 1.29 is 4.79 Å². The van der Waals surface area contributed by atoms with E-state index >= 15 is 0 Å². The Morgan fingerprint density at radius 2 is 1.60 bits per heavy atom. The van der Waals surface area contributed by atoms with E-state index in [1.807, 2.05) is 0 Å². The minimum Gasteiger partial charge on any atom is -0.342 e. The van der Waals surface area contributed by atoms with Gasteiger partial charge in [0.15, 0.2) is 0 Å². The number of H-pyrrole nitrogens is 1. The van der Waals surface area contributed by atoms with Crippen molar-refractivity contribution in [2.24, 2.45) is 0 Å². The van der Waals surface area contributed by atoms with Gasteiger partial charge in [0, 0.05) is 49.7 Å². The fourth-order valence-electron chi connectivity index (χ4n) is 5.23. The Hall–Kier alpha value is -2.55. The summed E-state index contributed by atoms with van der Waals surface area (Å²) in [5.41, 5.74) is 3.19. The highest BCUT2D eigenvalue weighted by Crippen LogP contribution is 2.35. The average molecular weight is 494 g/mol. The van der Waals surface area contributed by atoms with Gasteiger partial charge >= 0.3 is 0 Å². The molecule has 3 aromatic rings. The number of fused-ring (bicyclic) bond motifs is 1. The number of amides is 1. The molecule has 5 rings (SSSR count). The topological polar surface area (TPSA) is 72.5 Å². The first kappa shape index (κ1) is 24.2. The third kappa shape index (κ3) is 5.50. The number of likely N-dealkylation sites (tertiary alicyclic amines) is 1. The molecule has 2 aliphatic rings. The first-order valence-electron chi connectivity index (χ1n) is 12.8. The molecule has 2 fully saturated rings. The van der Waals surface area contributed by atoms with Crippen molar-refractivity contribution in [2.45, 2.75) is 46.1 Å². The van der Waals surface area contributed by atoms with E-state index in [0.717, 1.165) is 72.9 Å². The van der Waals surface area contributed by atoms with Crippen LogP contribution in [0.3, 0.4) is 0 Å². The van der Waals surface area contributed by atoms with Crippen LogP contribution in [0.1, 0.15) is 41.9 Å².